The average molecular weight is 346 g/mol. The molecule has 1 amide bonds. The summed E-state index contributed by atoms with van der Waals surface area (Å²) >= 11 is 1.42. The van der Waals surface area contributed by atoms with Crippen LogP contribution in [0.3, 0.4) is 0 Å². The van der Waals surface area contributed by atoms with E-state index in [1.165, 1.54) is 11.3 Å². The zero-order valence-electron chi connectivity index (χ0n) is 13.7. The highest BCUT2D eigenvalue weighted by Crippen LogP contribution is 2.22. The topological polar surface area (TPSA) is 78.4 Å². The predicted molar refractivity (Wildman–Crippen MR) is 95.8 cm³/mol. The minimum atomic E-state index is -0.184. The molecule has 3 rings (SSSR count). The second-order valence-electron chi connectivity index (χ2n) is 5.97. The van der Waals surface area contributed by atoms with Gasteiger partial charge in [0, 0.05) is 30.8 Å². The molecule has 0 spiro atoms. The molecular formula is C17H22N4O2S. The van der Waals surface area contributed by atoms with E-state index < -0.39 is 0 Å². The number of aryl methyl sites for hydroxylation is 1. The summed E-state index contributed by atoms with van der Waals surface area (Å²) in [7, 11) is 0. The zero-order chi connectivity index (χ0) is 16.9. The van der Waals surface area contributed by atoms with Crippen LogP contribution in [0.5, 0.6) is 0 Å². The van der Waals surface area contributed by atoms with Crippen LogP contribution in [0.25, 0.3) is 0 Å². The minimum Gasteiger partial charge on any atom is -0.393 e. The molecule has 1 aliphatic rings. The monoisotopic (exact) mass is 346 g/mol. The number of aromatic nitrogens is 2. The Kier molecular flexibility index (Phi) is 5.42. The first kappa shape index (κ1) is 16.9. The third-order valence-corrected chi connectivity index (χ3v) is 5.01. The smallest absolute Gasteiger partial charge is 0.257 e. The third kappa shape index (κ3) is 4.10. The molecule has 0 radical (unpaired) electrons. The highest BCUT2D eigenvalue weighted by molar-refractivity contribution is 7.15. The number of nitrogens with zero attached hydrogens (tertiary/aromatic N) is 3. The Morgan fingerprint density at radius 1 is 1.29 bits per heavy atom. The van der Waals surface area contributed by atoms with E-state index in [9.17, 15) is 9.90 Å². The van der Waals surface area contributed by atoms with Gasteiger partial charge in [0.1, 0.15) is 5.01 Å². The third-order valence-electron chi connectivity index (χ3n) is 4.11. The van der Waals surface area contributed by atoms with Gasteiger partial charge in [0.25, 0.3) is 5.91 Å². The number of aliphatic hydroxyl groups excluding tert-OH is 1. The number of hydrogen-bond acceptors (Lipinski definition) is 6. The SMILES string of the molecule is CCCc1nnc(NC(=O)c2ccc(N3CCC(O)CC3)cc2)s1. The van der Waals surface area contributed by atoms with Gasteiger partial charge in [-0.15, -0.1) is 10.2 Å². The summed E-state index contributed by atoms with van der Waals surface area (Å²) in [6.07, 6.45) is 3.29. The Balaban J connectivity index is 1.61. The largest absolute Gasteiger partial charge is 0.393 e. The molecule has 1 aliphatic heterocycles. The molecule has 128 valence electrons. The van der Waals surface area contributed by atoms with E-state index in [0.29, 0.717) is 10.7 Å². The lowest BCUT2D eigenvalue weighted by Gasteiger charge is -2.31. The van der Waals surface area contributed by atoms with Gasteiger partial charge in [-0.3, -0.25) is 10.1 Å². The number of hydrogen-bond donors (Lipinski definition) is 2. The van der Waals surface area contributed by atoms with Crippen LogP contribution in [0.15, 0.2) is 24.3 Å². The van der Waals surface area contributed by atoms with Crippen molar-refractivity contribution in [2.45, 2.75) is 38.7 Å². The van der Waals surface area contributed by atoms with Crippen molar-refractivity contribution in [2.75, 3.05) is 23.3 Å². The Morgan fingerprint density at radius 2 is 2.00 bits per heavy atom. The summed E-state index contributed by atoms with van der Waals surface area (Å²) < 4.78 is 0. The van der Waals surface area contributed by atoms with Gasteiger partial charge in [0.15, 0.2) is 0 Å². The van der Waals surface area contributed by atoms with Crippen molar-refractivity contribution in [3.05, 3.63) is 34.8 Å². The van der Waals surface area contributed by atoms with Gasteiger partial charge in [-0.1, -0.05) is 18.3 Å². The Hall–Kier alpha value is -1.99. The van der Waals surface area contributed by atoms with Gasteiger partial charge >= 0.3 is 0 Å². The molecule has 0 unspecified atom stereocenters. The summed E-state index contributed by atoms with van der Waals surface area (Å²) in [5.74, 6) is -0.171. The molecule has 1 saturated heterocycles. The van der Waals surface area contributed by atoms with Gasteiger partial charge in [-0.05, 0) is 43.5 Å². The fourth-order valence-corrected chi connectivity index (χ4v) is 3.57. The molecule has 7 heteroatoms. The molecule has 0 saturated carbocycles. The maximum atomic E-state index is 12.3. The summed E-state index contributed by atoms with van der Waals surface area (Å²) in [5.41, 5.74) is 1.68. The molecule has 1 fully saturated rings. The molecule has 2 N–H and O–H groups in total. The summed E-state index contributed by atoms with van der Waals surface area (Å²) in [4.78, 5) is 14.5. The lowest BCUT2D eigenvalue weighted by Crippen LogP contribution is -2.35. The number of anilines is 2. The van der Waals surface area contributed by atoms with Crippen molar-refractivity contribution < 1.29 is 9.90 Å². The van der Waals surface area contributed by atoms with E-state index in [1.807, 2.05) is 24.3 Å². The number of amides is 1. The van der Waals surface area contributed by atoms with Crippen molar-refractivity contribution in [3.63, 3.8) is 0 Å². The first-order chi connectivity index (χ1) is 11.7. The lowest BCUT2D eigenvalue weighted by atomic mass is 10.1. The highest BCUT2D eigenvalue weighted by atomic mass is 32.1. The van der Waals surface area contributed by atoms with E-state index >= 15 is 0 Å². The summed E-state index contributed by atoms with van der Waals surface area (Å²) in [6, 6.07) is 7.55. The normalized spacial score (nSPS) is 15.5. The zero-order valence-corrected chi connectivity index (χ0v) is 14.6. The van der Waals surface area contributed by atoms with E-state index in [2.05, 4.69) is 27.3 Å². The predicted octanol–water partition coefficient (Wildman–Crippen LogP) is 2.70. The van der Waals surface area contributed by atoms with Crippen molar-refractivity contribution in [1.82, 2.24) is 10.2 Å². The van der Waals surface area contributed by atoms with Crippen molar-refractivity contribution >= 4 is 28.1 Å². The van der Waals surface area contributed by atoms with Crippen LogP contribution in [0.4, 0.5) is 10.8 Å². The van der Waals surface area contributed by atoms with Gasteiger partial charge in [-0.2, -0.15) is 0 Å². The molecule has 2 heterocycles. The first-order valence-corrected chi connectivity index (χ1v) is 9.14. The summed E-state index contributed by atoms with van der Waals surface area (Å²) in [5, 5.41) is 21.9. The molecule has 6 nitrogen and oxygen atoms in total. The van der Waals surface area contributed by atoms with E-state index in [4.69, 9.17) is 0 Å². The van der Waals surface area contributed by atoms with E-state index in [1.54, 1.807) is 0 Å². The van der Waals surface area contributed by atoms with Crippen LogP contribution in [0, 0.1) is 0 Å². The van der Waals surface area contributed by atoms with Crippen molar-refractivity contribution in [1.29, 1.82) is 0 Å². The summed E-state index contributed by atoms with van der Waals surface area (Å²) in [6.45, 7) is 3.78. The Morgan fingerprint density at radius 3 is 2.67 bits per heavy atom. The maximum Gasteiger partial charge on any atom is 0.257 e. The van der Waals surface area contributed by atoms with Crippen LogP contribution in [0.1, 0.15) is 41.6 Å². The van der Waals surface area contributed by atoms with Crippen LogP contribution in [-0.2, 0) is 6.42 Å². The Bertz CT molecular complexity index is 678. The fourth-order valence-electron chi connectivity index (χ4n) is 2.74. The number of benzene rings is 1. The number of piperidine rings is 1. The number of aliphatic hydroxyl groups is 1. The van der Waals surface area contributed by atoms with Gasteiger partial charge in [0.2, 0.25) is 5.13 Å². The van der Waals surface area contributed by atoms with Crippen LogP contribution < -0.4 is 10.2 Å². The maximum absolute atomic E-state index is 12.3. The van der Waals surface area contributed by atoms with Crippen molar-refractivity contribution in [2.24, 2.45) is 0 Å². The number of rotatable bonds is 5. The average Bonchev–Trinajstić information content (AvgIpc) is 3.03. The molecule has 1 aromatic carbocycles. The van der Waals surface area contributed by atoms with Crippen LogP contribution in [0.2, 0.25) is 0 Å². The molecule has 0 bridgehead atoms. The molecule has 2 aromatic rings. The number of carbonyl (C=O) groups excluding carboxylic acids is 1. The number of carbonyl (C=O) groups is 1. The lowest BCUT2D eigenvalue weighted by molar-refractivity contribution is 0.102. The van der Waals surface area contributed by atoms with Crippen LogP contribution >= 0.6 is 11.3 Å². The van der Waals surface area contributed by atoms with Gasteiger partial charge in [0.05, 0.1) is 6.10 Å². The minimum absolute atomic E-state index is 0.171. The van der Waals surface area contributed by atoms with Crippen molar-refractivity contribution in [3.8, 4) is 0 Å². The molecule has 0 aliphatic carbocycles. The first-order valence-electron chi connectivity index (χ1n) is 8.32. The highest BCUT2D eigenvalue weighted by Gasteiger charge is 2.17. The molecular weight excluding hydrogens is 324 g/mol. The Labute approximate surface area is 145 Å². The molecule has 0 atom stereocenters. The number of nitrogens with one attached hydrogen (secondary N) is 1. The van der Waals surface area contributed by atoms with Gasteiger partial charge in [-0.25, -0.2) is 0 Å². The fraction of sp³-hybridized carbons (Fsp3) is 0.471. The quantitative estimate of drug-likeness (QED) is 0.870. The second-order valence-corrected chi connectivity index (χ2v) is 7.03. The molecule has 1 aromatic heterocycles. The van der Waals surface area contributed by atoms with E-state index in [-0.39, 0.29) is 12.0 Å². The van der Waals surface area contributed by atoms with E-state index in [0.717, 1.165) is 49.5 Å². The van der Waals surface area contributed by atoms with Gasteiger partial charge < -0.3 is 10.0 Å². The second kappa shape index (κ2) is 7.72. The standard InChI is InChI=1S/C17H22N4O2S/c1-2-3-15-19-20-17(24-15)18-16(23)12-4-6-13(7-5-12)21-10-8-14(22)9-11-21/h4-7,14,22H,2-3,8-11H2,1H3,(H,18,20,23). The molecule has 24 heavy (non-hydrogen) atoms. The van der Waals surface area contributed by atoms with Crippen LogP contribution in [-0.4, -0.2) is 40.4 Å².